The number of aromatic carboxylic acids is 1. The number of aromatic amines is 4. The number of halogens is 13. The number of carbonyl (C=O) groups is 6. The van der Waals surface area contributed by atoms with Gasteiger partial charge < -0.3 is 39.3 Å². The summed E-state index contributed by atoms with van der Waals surface area (Å²) in [5.41, 5.74) is 4.85. The van der Waals surface area contributed by atoms with Gasteiger partial charge in [0.15, 0.2) is 5.78 Å². The number of hydrogen-bond acceptors (Lipinski definition) is 9. The van der Waals surface area contributed by atoms with Gasteiger partial charge in [-0.05, 0) is 174 Å². The zero-order valence-corrected chi connectivity index (χ0v) is 51.8. The summed E-state index contributed by atoms with van der Waals surface area (Å²) in [5.74, 6) is -2.73. The minimum atomic E-state index is -4.46. The van der Waals surface area contributed by atoms with Crippen LogP contribution in [0.3, 0.4) is 0 Å². The van der Waals surface area contributed by atoms with Crippen LogP contribution >= 0.6 is 11.6 Å². The van der Waals surface area contributed by atoms with Gasteiger partial charge in [-0.3, -0.25) is 9.59 Å². The summed E-state index contributed by atoms with van der Waals surface area (Å²) in [5, 5.41) is 8.20. The first-order valence-electron chi connectivity index (χ1n) is 28.3. The predicted molar refractivity (Wildman–Crippen MR) is 320 cm³/mol. The number of alkyl halides is 12. The van der Waals surface area contributed by atoms with Crippen LogP contribution < -0.4 is 0 Å². The number of rotatable bonds is 18. The zero-order chi connectivity index (χ0) is 69.6. The second kappa shape index (κ2) is 34.4. The molecule has 4 aromatic heterocycles. The molecular formula is C66H65ClF12N4O10. The molecule has 27 heteroatoms. The largest absolute Gasteiger partial charge is 0.477 e. The molecule has 0 saturated heterocycles. The molecule has 4 heterocycles. The molecule has 5 N–H and O–H groups in total. The first-order valence-corrected chi connectivity index (χ1v) is 28.6. The fourth-order valence-corrected chi connectivity index (χ4v) is 8.83. The van der Waals surface area contributed by atoms with Crippen molar-refractivity contribution in [2.45, 2.75) is 112 Å². The van der Waals surface area contributed by atoms with Crippen LogP contribution in [0.5, 0.6) is 0 Å². The summed E-state index contributed by atoms with van der Waals surface area (Å²) < 4.78 is 165. The number of Topliss-reactive ketones (excluding diaryl/α,β-unsaturated/α-hetero) is 1. The van der Waals surface area contributed by atoms with Crippen molar-refractivity contribution in [3.63, 3.8) is 0 Å². The lowest BCUT2D eigenvalue weighted by Gasteiger charge is -2.08. The quantitative estimate of drug-likeness (QED) is 0.0180. The number of esters is 3. The van der Waals surface area contributed by atoms with Crippen molar-refractivity contribution in [1.29, 1.82) is 0 Å². The van der Waals surface area contributed by atoms with Crippen LogP contribution in [0, 0.1) is 27.7 Å². The smallest absolute Gasteiger partial charge is 0.416 e. The van der Waals surface area contributed by atoms with Crippen LogP contribution in [0.2, 0.25) is 0 Å². The molecule has 93 heavy (non-hydrogen) atoms. The maximum absolute atomic E-state index is 12.7. The van der Waals surface area contributed by atoms with E-state index in [1.807, 2.05) is 19.9 Å². The Labute approximate surface area is 531 Å². The Morgan fingerprint density at radius 3 is 1.11 bits per heavy atom. The molecule has 0 atom stereocenters. The molecule has 0 amide bonds. The molecule has 500 valence electrons. The number of H-pyrrole nitrogens is 4. The Balaban J connectivity index is 0.000000254. The van der Waals surface area contributed by atoms with Crippen molar-refractivity contribution in [2.75, 3.05) is 19.8 Å². The third kappa shape index (κ3) is 25.0. The number of ether oxygens (including phenoxy) is 3. The van der Waals surface area contributed by atoms with Gasteiger partial charge in [0.05, 0.1) is 42.1 Å². The molecule has 8 aromatic rings. The lowest BCUT2D eigenvalue weighted by molar-refractivity contribution is -0.138. The van der Waals surface area contributed by atoms with E-state index in [2.05, 4.69) is 19.9 Å². The van der Waals surface area contributed by atoms with Gasteiger partial charge in [0, 0.05) is 41.2 Å². The second-order valence-corrected chi connectivity index (χ2v) is 20.8. The van der Waals surface area contributed by atoms with Crippen LogP contribution in [-0.4, -0.2) is 79.8 Å². The molecule has 0 saturated carbocycles. The molecule has 0 aliphatic rings. The van der Waals surface area contributed by atoms with Gasteiger partial charge in [-0.1, -0.05) is 72.8 Å². The van der Waals surface area contributed by atoms with Crippen molar-refractivity contribution in [3.8, 4) is 0 Å². The molecular weight excluding hydrogens is 1270 g/mol. The van der Waals surface area contributed by atoms with Gasteiger partial charge in [-0.2, -0.15) is 52.7 Å². The predicted octanol–water partition coefficient (Wildman–Crippen LogP) is 16.6. The van der Waals surface area contributed by atoms with Crippen LogP contribution in [0.1, 0.15) is 151 Å². The first kappa shape index (κ1) is 76.1. The third-order valence-electron chi connectivity index (χ3n) is 13.2. The number of carboxylic acids is 1. The number of nitrogens with one attached hydrogen (secondary N) is 4. The number of carbonyl (C=O) groups excluding carboxylic acids is 5. The van der Waals surface area contributed by atoms with E-state index < -0.39 is 70.1 Å². The van der Waals surface area contributed by atoms with Crippen LogP contribution in [0.15, 0.2) is 127 Å². The summed E-state index contributed by atoms with van der Waals surface area (Å²) in [7, 11) is 0. The number of carboxylic acid groups (broad SMARTS) is 1. The van der Waals surface area contributed by atoms with E-state index in [4.69, 9.17) is 30.9 Å². The minimum Gasteiger partial charge on any atom is -0.477 e. The summed E-state index contributed by atoms with van der Waals surface area (Å²) in [6.07, 6.45) is -16.0. The van der Waals surface area contributed by atoms with Gasteiger partial charge in [0.25, 0.3) is 0 Å². The molecule has 0 spiro atoms. The van der Waals surface area contributed by atoms with E-state index >= 15 is 0 Å². The van der Waals surface area contributed by atoms with Gasteiger partial charge in [-0.25, -0.2) is 19.2 Å². The highest BCUT2D eigenvalue weighted by molar-refractivity contribution is 6.63. The van der Waals surface area contributed by atoms with E-state index in [-0.39, 0.29) is 65.9 Å². The molecule has 0 aliphatic heterocycles. The SMILES string of the molecule is CCOC(=O)c1cc(C(=O)Cc2cccc(C(F)(F)F)c2)c(C)[nH]1.CCOC(=O)c1cc(CCc2cccc(C(F)(F)F)c2)c(C)[nH]1.CCOC(=O)c1ccc(C)[nH]1.Cc1[nH]c(C(=O)O)cc1CCc1cccc(C(F)(F)F)c1.O=C(Cl)Cc1cccc(C(F)(F)F)c1. The van der Waals surface area contributed by atoms with Crippen molar-refractivity contribution >= 4 is 46.5 Å². The highest BCUT2D eigenvalue weighted by Crippen LogP contribution is 2.33. The average molecular weight is 1340 g/mol. The Morgan fingerprint density at radius 2 is 0.753 bits per heavy atom. The van der Waals surface area contributed by atoms with E-state index in [0.29, 0.717) is 60.5 Å². The monoisotopic (exact) mass is 1340 g/mol. The Morgan fingerprint density at radius 1 is 0.409 bits per heavy atom. The highest BCUT2D eigenvalue weighted by Gasteiger charge is 2.33. The summed E-state index contributed by atoms with van der Waals surface area (Å²) in [6, 6.07) is 27.8. The fourth-order valence-electron chi connectivity index (χ4n) is 8.67. The van der Waals surface area contributed by atoms with E-state index in [0.717, 1.165) is 76.7 Å². The fraction of sp³-hybridized carbons (Fsp3) is 0.303. The summed E-state index contributed by atoms with van der Waals surface area (Å²) in [4.78, 5) is 79.3. The van der Waals surface area contributed by atoms with Gasteiger partial charge in [-0.15, -0.1) is 0 Å². The maximum Gasteiger partial charge on any atom is 0.416 e. The lowest BCUT2D eigenvalue weighted by atomic mass is 10.0. The number of ketones is 1. The third-order valence-corrected chi connectivity index (χ3v) is 13.3. The normalized spacial score (nSPS) is 11.3. The van der Waals surface area contributed by atoms with Crippen molar-refractivity contribution in [3.05, 3.63) is 234 Å². The molecule has 14 nitrogen and oxygen atoms in total. The summed E-state index contributed by atoms with van der Waals surface area (Å²) in [6.45, 7) is 13.1. The molecule has 0 bridgehead atoms. The Bertz CT molecular complexity index is 3820. The van der Waals surface area contributed by atoms with Gasteiger partial charge in [0.2, 0.25) is 5.24 Å². The zero-order valence-electron chi connectivity index (χ0n) is 51.0. The van der Waals surface area contributed by atoms with E-state index in [1.54, 1.807) is 58.9 Å². The topological polar surface area (TPSA) is 213 Å². The number of benzene rings is 4. The van der Waals surface area contributed by atoms with Crippen molar-refractivity contribution < 1.29 is 101 Å². The van der Waals surface area contributed by atoms with E-state index in [9.17, 15) is 81.5 Å². The Kier molecular flexibility index (Phi) is 28.1. The lowest BCUT2D eigenvalue weighted by Crippen LogP contribution is -2.08. The average Bonchev–Trinajstić information content (AvgIpc) is 1.91. The van der Waals surface area contributed by atoms with Crippen LogP contribution in [-0.2, 0) is 82.2 Å². The standard InChI is InChI=1S/C17H16F3NO3.C17H18F3NO2.C15H14F3NO2.C9H6ClF3O.C8H11NO2/c1-3-24-16(23)14-9-13(10(2)21-14)15(22)8-11-5-4-6-12(7-11)17(18,19)20;1-3-23-16(22)15-10-13(11(2)21-15)8-7-12-5-4-6-14(9-12)17(18,19)20;1-9-11(8-13(19-9)14(20)21)6-5-10-3-2-4-12(7-10)15(16,17)18;10-8(14)5-6-2-1-3-7(4-6)9(11,12)13;1-3-11-8(10)7-5-4-6(2)9-7/h4-7,9,21H,3,8H2,1-2H3;4-6,9-10,21H,3,7-8H2,1-2H3;2-4,7-8,19H,5-6H2,1H3,(H,20,21);1-4H,5H2;4-5,9H,3H2,1-2H3. The molecule has 4 aromatic carbocycles. The summed E-state index contributed by atoms with van der Waals surface area (Å²) >= 11 is 5.06. The van der Waals surface area contributed by atoms with Gasteiger partial charge >= 0.3 is 48.6 Å². The molecule has 0 unspecified atom stereocenters. The minimum absolute atomic E-state index is 0.0894. The highest BCUT2D eigenvalue weighted by atomic mass is 35.5. The van der Waals surface area contributed by atoms with Crippen molar-refractivity contribution in [2.24, 2.45) is 0 Å². The molecule has 0 fully saturated rings. The number of aryl methyl sites for hydroxylation is 8. The molecule has 0 aliphatic carbocycles. The number of hydrogen-bond donors (Lipinski definition) is 5. The Hall–Kier alpha value is -9.33. The second-order valence-electron chi connectivity index (χ2n) is 20.3. The van der Waals surface area contributed by atoms with Crippen LogP contribution in [0.4, 0.5) is 52.7 Å². The van der Waals surface area contributed by atoms with Crippen molar-refractivity contribution in [1.82, 2.24) is 19.9 Å². The first-order chi connectivity index (χ1) is 43.4. The number of aromatic nitrogens is 4. The van der Waals surface area contributed by atoms with E-state index in [1.165, 1.54) is 48.5 Å². The maximum atomic E-state index is 12.7. The molecule has 0 radical (unpaired) electrons. The van der Waals surface area contributed by atoms with Crippen LogP contribution in [0.25, 0.3) is 0 Å². The molecule has 8 rings (SSSR count). The van der Waals surface area contributed by atoms with Gasteiger partial charge in [0.1, 0.15) is 22.8 Å².